The highest BCUT2D eigenvalue weighted by Crippen LogP contribution is 2.50. The van der Waals surface area contributed by atoms with Crippen LogP contribution in [0.2, 0.25) is 0 Å². The summed E-state index contributed by atoms with van der Waals surface area (Å²) in [5.74, 6) is 0.00504. The number of halogens is 1. The Labute approximate surface area is 142 Å². The molecule has 118 valence electrons. The Kier molecular flexibility index (Phi) is 3.29. The van der Waals surface area contributed by atoms with E-state index in [2.05, 4.69) is 6.07 Å². The molecule has 0 radical (unpaired) electrons. The van der Waals surface area contributed by atoms with E-state index in [1.54, 1.807) is 17.4 Å². The quantitative estimate of drug-likeness (QED) is 0.708. The molecular formula is C19H13FN2OS. The number of fused-ring (bicyclic) bond motifs is 3. The van der Waals surface area contributed by atoms with Crippen molar-refractivity contribution in [3.8, 4) is 11.8 Å². The Bertz CT molecular complexity index is 1050. The molecule has 3 aromatic rings. The third-order valence-electron chi connectivity index (χ3n) is 4.15. The van der Waals surface area contributed by atoms with E-state index >= 15 is 0 Å². The van der Waals surface area contributed by atoms with E-state index in [0.29, 0.717) is 16.9 Å². The Morgan fingerprint density at radius 2 is 2.08 bits per heavy atom. The lowest BCUT2D eigenvalue weighted by molar-refractivity contribution is 0.401. The first kappa shape index (κ1) is 14.7. The average molecular weight is 336 g/mol. The second-order valence-electron chi connectivity index (χ2n) is 5.77. The standard InChI is InChI=1S/C19H13FN2OS/c1-10-5-6-15-13(7-10)17-18(24-15)16(14(9-21)19(22)23-17)11-3-2-4-12(20)8-11/h2-8,16H,22H2,1H3. The van der Waals surface area contributed by atoms with Gasteiger partial charge in [0.05, 0.1) is 10.8 Å². The van der Waals surface area contributed by atoms with E-state index < -0.39 is 5.92 Å². The van der Waals surface area contributed by atoms with Crippen LogP contribution in [0.5, 0.6) is 5.75 Å². The highest BCUT2D eigenvalue weighted by molar-refractivity contribution is 7.19. The molecule has 1 atom stereocenters. The molecule has 0 amide bonds. The molecule has 1 aliphatic heterocycles. The van der Waals surface area contributed by atoms with E-state index in [-0.39, 0.29) is 11.7 Å². The van der Waals surface area contributed by atoms with Crippen LogP contribution in [0.4, 0.5) is 4.39 Å². The molecule has 0 saturated carbocycles. The molecule has 4 rings (SSSR count). The van der Waals surface area contributed by atoms with Crippen LogP contribution < -0.4 is 10.5 Å². The van der Waals surface area contributed by atoms with E-state index in [4.69, 9.17) is 10.5 Å². The molecule has 0 aliphatic carbocycles. The largest absolute Gasteiger partial charge is 0.439 e. The minimum absolute atomic E-state index is 0.0838. The molecule has 2 heterocycles. The summed E-state index contributed by atoms with van der Waals surface area (Å²) in [4.78, 5) is 0.881. The number of hydrogen-bond acceptors (Lipinski definition) is 4. The molecule has 2 aromatic carbocycles. The molecule has 2 N–H and O–H groups in total. The number of nitriles is 1. The predicted molar refractivity (Wildman–Crippen MR) is 92.3 cm³/mol. The second kappa shape index (κ2) is 5.36. The zero-order valence-electron chi connectivity index (χ0n) is 12.8. The fourth-order valence-corrected chi connectivity index (χ4v) is 4.32. The monoisotopic (exact) mass is 336 g/mol. The number of nitrogens with zero attached hydrogens (tertiary/aromatic N) is 1. The molecule has 24 heavy (non-hydrogen) atoms. The summed E-state index contributed by atoms with van der Waals surface area (Å²) in [7, 11) is 0. The number of benzene rings is 2. The Hall–Kier alpha value is -2.84. The fraction of sp³-hybridized carbons (Fsp3) is 0.105. The predicted octanol–water partition coefficient (Wildman–Crippen LogP) is 4.57. The molecule has 5 heteroatoms. The molecule has 0 spiro atoms. The van der Waals surface area contributed by atoms with E-state index in [1.165, 1.54) is 12.1 Å². The molecule has 0 fully saturated rings. The summed E-state index contributed by atoms with van der Waals surface area (Å²) in [5, 5.41) is 10.5. The van der Waals surface area contributed by atoms with Crippen molar-refractivity contribution in [3.63, 3.8) is 0 Å². The van der Waals surface area contributed by atoms with Gasteiger partial charge in [-0.15, -0.1) is 11.3 Å². The van der Waals surface area contributed by atoms with E-state index in [0.717, 1.165) is 20.5 Å². The third-order valence-corrected chi connectivity index (χ3v) is 5.37. The highest BCUT2D eigenvalue weighted by atomic mass is 32.1. The molecular weight excluding hydrogens is 323 g/mol. The highest BCUT2D eigenvalue weighted by Gasteiger charge is 2.33. The molecule has 0 saturated heterocycles. The zero-order valence-corrected chi connectivity index (χ0v) is 13.7. The van der Waals surface area contributed by atoms with Gasteiger partial charge >= 0.3 is 0 Å². The summed E-state index contributed by atoms with van der Waals surface area (Å²) in [6, 6.07) is 14.5. The van der Waals surface area contributed by atoms with Crippen LogP contribution in [0, 0.1) is 24.1 Å². The van der Waals surface area contributed by atoms with Gasteiger partial charge in [-0.2, -0.15) is 5.26 Å². The molecule has 1 aliphatic rings. The van der Waals surface area contributed by atoms with Crippen LogP contribution in [-0.2, 0) is 0 Å². The van der Waals surface area contributed by atoms with Gasteiger partial charge < -0.3 is 10.5 Å². The minimum Gasteiger partial charge on any atom is -0.439 e. The lowest BCUT2D eigenvalue weighted by Gasteiger charge is -2.23. The lowest BCUT2D eigenvalue weighted by Crippen LogP contribution is -2.19. The first-order valence-corrected chi connectivity index (χ1v) is 8.26. The zero-order chi connectivity index (χ0) is 16.8. The van der Waals surface area contributed by atoms with Crippen molar-refractivity contribution in [2.75, 3.05) is 0 Å². The smallest absolute Gasteiger partial charge is 0.205 e. The summed E-state index contributed by atoms with van der Waals surface area (Å²) >= 11 is 1.55. The van der Waals surface area contributed by atoms with Crippen molar-refractivity contribution >= 4 is 21.4 Å². The number of allylic oxidation sites excluding steroid dienone is 1. The third kappa shape index (κ3) is 2.15. The van der Waals surface area contributed by atoms with Gasteiger partial charge in [-0.1, -0.05) is 23.8 Å². The topological polar surface area (TPSA) is 59.0 Å². The van der Waals surface area contributed by atoms with Crippen LogP contribution >= 0.6 is 11.3 Å². The fourth-order valence-electron chi connectivity index (χ4n) is 3.07. The van der Waals surface area contributed by atoms with Gasteiger partial charge in [-0.25, -0.2) is 4.39 Å². The number of rotatable bonds is 1. The van der Waals surface area contributed by atoms with Gasteiger partial charge in [0.2, 0.25) is 5.88 Å². The first-order valence-electron chi connectivity index (χ1n) is 7.44. The number of ether oxygens (including phenoxy) is 1. The van der Waals surface area contributed by atoms with Crippen molar-refractivity contribution < 1.29 is 9.13 Å². The maximum Gasteiger partial charge on any atom is 0.205 e. The molecule has 3 nitrogen and oxygen atoms in total. The average Bonchev–Trinajstić information content (AvgIpc) is 2.91. The van der Waals surface area contributed by atoms with Gasteiger partial charge in [-0.3, -0.25) is 0 Å². The normalized spacial score (nSPS) is 16.6. The Morgan fingerprint density at radius 1 is 1.25 bits per heavy atom. The van der Waals surface area contributed by atoms with E-state index in [1.807, 2.05) is 31.2 Å². The van der Waals surface area contributed by atoms with Crippen molar-refractivity contribution in [1.29, 1.82) is 5.26 Å². The van der Waals surface area contributed by atoms with Crippen LogP contribution in [0.15, 0.2) is 53.9 Å². The Balaban J connectivity index is 2.02. The summed E-state index contributed by atoms with van der Waals surface area (Å²) in [6.07, 6.45) is 0. The van der Waals surface area contributed by atoms with Crippen molar-refractivity contribution in [2.45, 2.75) is 12.8 Å². The van der Waals surface area contributed by atoms with Crippen LogP contribution in [-0.4, -0.2) is 0 Å². The minimum atomic E-state index is -0.410. The summed E-state index contributed by atoms with van der Waals surface area (Å²) in [5.41, 5.74) is 8.13. The van der Waals surface area contributed by atoms with Gasteiger partial charge in [0.25, 0.3) is 0 Å². The van der Waals surface area contributed by atoms with Gasteiger partial charge in [0.1, 0.15) is 17.5 Å². The maximum absolute atomic E-state index is 13.7. The van der Waals surface area contributed by atoms with Crippen molar-refractivity contribution in [3.05, 3.63) is 75.7 Å². The number of aryl methyl sites for hydroxylation is 1. The van der Waals surface area contributed by atoms with Gasteiger partial charge in [0, 0.05) is 10.1 Å². The lowest BCUT2D eigenvalue weighted by atomic mass is 9.88. The van der Waals surface area contributed by atoms with Crippen molar-refractivity contribution in [2.24, 2.45) is 5.73 Å². The number of thiophene rings is 1. The molecule has 1 unspecified atom stereocenters. The molecule has 1 aromatic heterocycles. The van der Waals surface area contributed by atoms with Crippen LogP contribution in [0.1, 0.15) is 21.9 Å². The van der Waals surface area contributed by atoms with Gasteiger partial charge in [0.15, 0.2) is 5.75 Å². The van der Waals surface area contributed by atoms with Gasteiger partial charge in [-0.05, 0) is 36.8 Å². The maximum atomic E-state index is 13.7. The van der Waals surface area contributed by atoms with E-state index in [9.17, 15) is 9.65 Å². The SMILES string of the molecule is Cc1ccc2sc3c(c2c1)OC(N)=C(C#N)C3c1cccc(F)c1. The van der Waals surface area contributed by atoms with Crippen molar-refractivity contribution in [1.82, 2.24) is 0 Å². The van der Waals surface area contributed by atoms with Crippen LogP contribution in [0.25, 0.3) is 10.1 Å². The number of hydrogen-bond donors (Lipinski definition) is 1. The van der Waals surface area contributed by atoms with Crippen LogP contribution in [0.3, 0.4) is 0 Å². The molecule has 0 bridgehead atoms. The first-order chi connectivity index (χ1) is 11.6. The second-order valence-corrected chi connectivity index (χ2v) is 6.86. The Morgan fingerprint density at radius 3 is 2.83 bits per heavy atom. The number of nitrogens with two attached hydrogens (primary N) is 1. The summed E-state index contributed by atoms with van der Waals surface area (Å²) in [6.45, 7) is 2.01. The summed E-state index contributed by atoms with van der Waals surface area (Å²) < 4.78 is 20.6.